The average Bonchev–Trinajstić information content (AvgIpc) is 2.68. The minimum absolute atomic E-state index is 0.0883. The number of carbonyl (C=O) groups is 1. The molecule has 5 heteroatoms. The van der Waals surface area contributed by atoms with Gasteiger partial charge in [0.15, 0.2) is 11.6 Å². The second-order valence-electron chi connectivity index (χ2n) is 7.37. The third-order valence-corrected chi connectivity index (χ3v) is 4.94. The van der Waals surface area contributed by atoms with Gasteiger partial charge >= 0.3 is 0 Å². The summed E-state index contributed by atoms with van der Waals surface area (Å²) in [4.78, 5) is 18.7. The fourth-order valence-electron chi connectivity index (χ4n) is 3.53. The van der Waals surface area contributed by atoms with E-state index in [0.29, 0.717) is 30.6 Å². The van der Waals surface area contributed by atoms with Crippen molar-refractivity contribution < 1.29 is 9.53 Å². The molecule has 0 saturated heterocycles. The summed E-state index contributed by atoms with van der Waals surface area (Å²) >= 11 is 0. The Morgan fingerprint density at radius 1 is 1.15 bits per heavy atom. The Balaban J connectivity index is 1.51. The monoisotopic (exact) mass is 367 g/mol. The fraction of sp³-hybridized carbons (Fsp3) is 0.455. The molecule has 1 aromatic carbocycles. The molecule has 0 radical (unpaired) electrons. The molecule has 0 aliphatic heterocycles. The number of anilines is 1. The summed E-state index contributed by atoms with van der Waals surface area (Å²) in [5, 5.41) is 2.90. The molecule has 2 aromatic rings. The molecule has 1 aliphatic carbocycles. The molecule has 1 saturated carbocycles. The van der Waals surface area contributed by atoms with Crippen LogP contribution in [0.2, 0.25) is 0 Å². The Kier molecular flexibility index (Phi) is 7.22. The van der Waals surface area contributed by atoms with Crippen molar-refractivity contribution in [2.75, 3.05) is 25.5 Å². The predicted molar refractivity (Wildman–Crippen MR) is 108 cm³/mol. The van der Waals surface area contributed by atoms with E-state index in [-0.39, 0.29) is 5.91 Å². The smallest absolute Gasteiger partial charge is 0.239 e. The van der Waals surface area contributed by atoms with Gasteiger partial charge in [-0.05, 0) is 43.5 Å². The number of carbonyl (C=O) groups excluding carboxylic acids is 1. The summed E-state index contributed by atoms with van der Waals surface area (Å²) in [5.74, 6) is 1.68. The molecular weight excluding hydrogens is 338 g/mol. The number of benzene rings is 1. The van der Waals surface area contributed by atoms with Gasteiger partial charge in [0.25, 0.3) is 0 Å². The lowest BCUT2D eigenvalue weighted by Crippen LogP contribution is -2.30. The average molecular weight is 367 g/mol. The summed E-state index contributed by atoms with van der Waals surface area (Å²) in [7, 11) is 1.94. The molecule has 3 rings (SSSR count). The summed E-state index contributed by atoms with van der Waals surface area (Å²) in [5.41, 5.74) is 1.18. The van der Waals surface area contributed by atoms with Crippen LogP contribution in [0.4, 0.5) is 5.82 Å². The van der Waals surface area contributed by atoms with Crippen LogP contribution in [0.5, 0.6) is 5.75 Å². The fourth-order valence-corrected chi connectivity index (χ4v) is 3.53. The normalized spacial score (nSPS) is 14.9. The van der Waals surface area contributed by atoms with Crippen LogP contribution in [0.3, 0.4) is 0 Å². The van der Waals surface area contributed by atoms with E-state index in [4.69, 9.17) is 4.74 Å². The minimum Gasteiger partial charge on any atom is -0.489 e. The molecule has 5 nitrogen and oxygen atoms in total. The number of nitrogens with one attached hydrogen (secondary N) is 1. The Bertz CT molecular complexity index is 715. The molecule has 1 aliphatic rings. The van der Waals surface area contributed by atoms with Crippen molar-refractivity contribution in [3.05, 3.63) is 54.2 Å². The zero-order chi connectivity index (χ0) is 18.9. The maximum atomic E-state index is 12.4. The predicted octanol–water partition coefficient (Wildman–Crippen LogP) is 4.11. The van der Waals surface area contributed by atoms with Crippen molar-refractivity contribution in [1.82, 2.24) is 9.88 Å². The topological polar surface area (TPSA) is 54.5 Å². The summed E-state index contributed by atoms with van der Waals surface area (Å²) in [6.07, 6.45) is 8.05. The van der Waals surface area contributed by atoms with Crippen molar-refractivity contribution in [3.8, 4) is 5.75 Å². The van der Waals surface area contributed by atoms with Crippen molar-refractivity contribution in [1.29, 1.82) is 0 Å². The Hall–Kier alpha value is -2.40. The van der Waals surface area contributed by atoms with Gasteiger partial charge in [-0.2, -0.15) is 0 Å². The molecule has 0 spiro atoms. The van der Waals surface area contributed by atoms with Gasteiger partial charge in [-0.15, -0.1) is 0 Å². The van der Waals surface area contributed by atoms with E-state index in [0.717, 1.165) is 6.54 Å². The summed E-state index contributed by atoms with van der Waals surface area (Å²) in [6, 6.07) is 13.8. The highest BCUT2D eigenvalue weighted by Crippen LogP contribution is 2.27. The number of nitrogens with zero attached hydrogens (tertiary/aromatic N) is 2. The van der Waals surface area contributed by atoms with Gasteiger partial charge in [0, 0.05) is 12.7 Å². The van der Waals surface area contributed by atoms with Gasteiger partial charge in [0.2, 0.25) is 5.91 Å². The van der Waals surface area contributed by atoms with Crippen LogP contribution < -0.4 is 10.1 Å². The summed E-state index contributed by atoms with van der Waals surface area (Å²) < 4.78 is 5.99. The van der Waals surface area contributed by atoms with E-state index in [1.54, 1.807) is 6.20 Å². The molecule has 1 N–H and O–H groups in total. The Morgan fingerprint density at radius 3 is 2.70 bits per heavy atom. The van der Waals surface area contributed by atoms with Gasteiger partial charge in [-0.25, -0.2) is 4.98 Å². The van der Waals surface area contributed by atoms with Gasteiger partial charge in [0.05, 0.1) is 13.2 Å². The van der Waals surface area contributed by atoms with Crippen LogP contribution in [-0.4, -0.2) is 36.0 Å². The Labute approximate surface area is 161 Å². The highest BCUT2D eigenvalue weighted by atomic mass is 16.5. The van der Waals surface area contributed by atoms with Crippen molar-refractivity contribution in [2.24, 2.45) is 5.92 Å². The van der Waals surface area contributed by atoms with E-state index in [9.17, 15) is 4.79 Å². The van der Waals surface area contributed by atoms with Crippen molar-refractivity contribution >= 4 is 11.7 Å². The molecule has 144 valence electrons. The molecule has 0 bridgehead atoms. The molecule has 0 atom stereocenters. The number of amides is 1. The van der Waals surface area contributed by atoms with E-state index < -0.39 is 0 Å². The van der Waals surface area contributed by atoms with Gasteiger partial charge in [-0.3, -0.25) is 9.69 Å². The second kappa shape index (κ2) is 10.1. The third-order valence-electron chi connectivity index (χ3n) is 4.94. The molecule has 1 amide bonds. The third kappa shape index (κ3) is 6.36. The number of rotatable bonds is 8. The molecular formula is C22H29N3O2. The second-order valence-corrected chi connectivity index (χ2v) is 7.37. The van der Waals surface area contributed by atoms with Gasteiger partial charge < -0.3 is 10.1 Å². The molecule has 1 heterocycles. The van der Waals surface area contributed by atoms with Crippen LogP contribution in [0.25, 0.3) is 0 Å². The first-order valence-corrected chi connectivity index (χ1v) is 9.81. The maximum absolute atomic E-state index is 12.4. The number of hydrogen-bond acceptors (Lipinski definition) is 4. The minimum atomic E-state index is -0.0883. The maximum Gasteiger partial charge on any atom is 0.239 e. The first kappa shape index (κ1) is 19.4. The van der Waals surface area contributed by atoms with E-state index in [1.807, 2.05) is 42.3 Å². The number of aromatic nitrogens is 1. The first-order chi connectivity index (χ1) is 13.2. The molecule has 0 unspecified atom stereocenters. The zero-order valence-electron chi connectivity index (χ0n) is 16.1. The Morgan fingerprint density at radius 2 is 1.93 bits per heavy atom. The van der Waals surface area contributed by atoms with E-state index >= 15 is 0 Å². The van der Waals surface area contributed by atoms with Crippen molar-refractivity contribution in [2.45, 2.75) is 38.6 Å². The number of ether oxygens (including phenoxy) is 1. The quantitative estimate of drug-likeness (QED) is 0.763. The lowest BCUT2D eigenvalue weighted by atomic mass is 9.90. The van der Waals surface area contributed by atoms with Crippen LogP contribution in [0.1, 0.15) is 37.7 Å². The lowest BCUT2D eigenvalue weighted by molar-refractivity contribution is -0.117. The summed E-state index contributed by atoms with van der Waals surface area (Å²) in [6.45, 7) is 1.72. The standard InChI is InChI=1S/C22H29N3O2/c1-25(15-18-9-4-2-5-10-18)16-21(26)24-22-20(13-8-14-23-22)27-17-19-11-6-3-7-12-19/h2,4-5,8-10,13-14,19H,3,6-7,11-12,15-17H2,1H3,(H,23,24,26). The lowest BCUT2D eigenvalue weighted by Gasteiger charge is -2.22. The SMILES string of the molecule is CN(CC(=O)Nc1ncccc1OCC1CCCCC1)Cc1ccccc1. The first-order valence-electron chi connectivity index (χ1n) is 9.81. The molecule has 1 fully saturated rings. The highest BCUT2D eigenvalue weighted by molar-refractivity contribution is 5.92. The number of likely N-dealkylation sites (N-methyl/N-ethyl adjacent to an activating group) is 1. The largest absolute Gasteiger partial charge is 0.489 e. The van der Waals surface area contributed by atoms with Gasteiger partial charge in [0.1, 0.15) is 0 Å². The number of pyridine rings is 1. The molecule has 27 heavy (non-hydrogen) atoms. The van der Waals surface area contributed by atoms with Crippen LogP contribution in [0.15, 0.2) is 48.7 Å². The van der Waals surface area contributed by atoms with Crippen LogP contribution in [-0.2, 0) is 11.3 Å². The van der Waals surface area contributed by atoms with Crippen molar-refractivity contribution in [3.63, 3.8) is 0 Å². The molecule has 1 aromatic heterocycles. The number of hydrogen-bond donors (Lipinski definition) is 1. The zero-order valence-corrected chi connectivity index (χ0v) is 16.1. The van der Waals surface area contributed by atoms with Crippen LogP contribution >= 0.6 is 0 Å². The van der Waals surface area contributed by atoms with E-state index in [2.05, 4.69) is 22.4 Å². The highest BCUT2D eigenvalue weighted by Gasteiger charge is 2.16. The van der Waals surface area contributed by atoms with Gasteiger partial charge in [-0.1, -0.05) is 49.6 Å². The van der Waals surface area contributed by atoms with E-state index in [1.165, 1.54) is 37.7 Å². The van der Waals surface area contributed by atoms with Crippen LogP contribution in [0, 0.1) is 5.92 Å².